The molecule has 1 aromatic carbocycles. The van der Waals surface area contributed by atoms with Crippen molar-refractivity contribution >= 4 is 0 Å². The van der Waals surface area contributed by atoms with E-state index < -0.39 is 0 Å². The van der Waals surface area contributed by atoms with Gasteiger partial charge in [0.1, 0.15) is 24.2 Å². The van der Waals surface area contributed by atoms with Crippen molar-refractivity contribution < 1.29 is 9.47 Å². The molecule has 15 heavy (non-hydrogen) atoms. The largest absolute Gasteiger partial charge is 0.491 e. The van der Waals surface area contributed by atoms with Crippen LogP contribution in [0.3, 0.4) is 0 Å². The van der Waals surface area contributed by atoms with E-state index in [1.165, 1.54) is 0 Å². The Hall–Kier alpha value is -1.48. The topological polar surface area (TPSA) is 44.5 Å². The molecule has 0 saturated carbocycles. The Balaban J connectivity index is 2.19. The molecule has 1 aromatic rings. The first-order valence-corrected chi connectivity index (χ1v) is 5.02. The third kappa shape index (κ3) is 1.97. The van der Waals surface area contributed by atoms with E-state index in [0.717, 1.165) is 17.1 Å². The van der Waals surface area contributed by atoms with Gasteiger partial charge in [0.15, 0.2) is 0 Å². The van der Waals surface area contributed by atoms with Crippen molar-refractivity contribution in [1.82, 2.24) is 0 Å². The number of rotatable bonds is 3. The van der Waals surface area contributed by atoms with E-state index in [0.29, 0.717) is 6.61 Å². The lowest BCUT2D eigenvalue weighted by molar-refractivity contribution is 0.268. The van der Waals surface area contributed by atoms with E-state index in [1.54, 1.807) is 6.08 Å². The first kappa shape index (κ1) is 10.1. The molecule has 0 aliphatic carbocycles. The number of fused-ring (bicyclic) bond motifs is 1. The van der Waals surface area contributed by atoms with Crippen molar-refractivity contribution in [2.45, 2.75) is 19.1 Å². The maximum atomic E-state index is 5.84. The monoisotopic (exact) mass is 205 g/mol. The molecule has 3 nitrogen and oxygen atoms in total. The molecule has 0 aromatic heterocycles. The highest BCUT2D eigenvalue weighted by atomic mass is 16.5. The van der Waals surface area contributed by atoms with Crippen LogP contribution in [-0.4, -0.2) is 12.7 Å². The predicted octanol–water partition coefficient (Wildman–Crippen LogP) is 2.03. The van der Waals surface area contributed by atoms with E-state index in [2.05, 4.69) is 6.58 Å². The highest BCUT2D eigenvalue weighted by Crippen LogP contribution is 2.34. The molecule has 80 valence electrons. The molecule has 1 aliphatic heterocycles. The van der Waals surface area contributed by atoms with Gasteiger partial charge in [-0.05, 0) is 19.1 Å². The van der Waals surface area contributed by atoms with E-state index in [1.807, 2.05) is 25.1 Å². The summed E-state index contributed by atoms with van der Waals surface area (Å²) in [5.74, 6) is 1.62. The normalized spacial score (nSPS) is 20.3. The molecular weight excluding hydrogens is 190 g/mol. The smallest absolute Gasteiger partial charge is 0.127 e. The minimum atomic E-state index is -0.00845. The lowest BCUT2D eigenvalue weighted by Crippen LogP contribution is -2.10. The van der Waals surface area contributed by atoms with Crippen LogP contribution < -0.4 is 15.2 Å². The average molecular weight is 205 g/mol. The molecule has 0 fully saturated rings. The lowest BCUT2D eigenvalue weighted by atomic mass is 10.1. The lowest BCUT2D eigenvalue weighted by Gasteiger charge is -2.11. The summed E-state index contributed by atoms with van der Waals surface area (Å²) in [7, 11) is 0. The average Bonchev–Trinajstić information content (AvgIpc) is 2.60. The number of ether oxygens (including phenoxy) is 2. The molecule has 1 heterocycles. The number of hydrogen-bond acceptors (Lipinski definition) is 3. The molecule has 0 radical (unpaired) electrons. The highest BCUT2D eigenvalue weighted by molar-refractivity contribution is 5.44. The maximum absolute atomic E-state index is 5.84. The van der Waals surface area contributed by atoms with Gasteiger partial charge >= 0.3 is 0 Å². The summed E-state index contributed by atoms with van der Waals surface area (Å²) in [6.07, 6.45) is 1.75. The van der Waals surface area contributed by atoms with Gasteiger partial charge in [0.05, 0.1) is 6.04 Å². The van der Waals surface area contributed by atoms with Crippen molar-refractivity contribution in [2.24, 2.45) is 5.73 Å². The van der Waals surface area contributed by atoms with E-state index >= 15 is 0 Å². The zero-order valence-electron chi connectivity index (χ0n) is 8.77. The summed E-state index contributed by atoms with van der Waals surface area (Å²) in [4.78, 5) is 0. The van der Waals surface area contributed by atoms with Crippen molar-refractivity contribution in [3.8, 4) is 11.5 Å². The first-order valence-electron chi connectivity index (χ1n) is 5.02. The van der Waals surface area contributed by atoms with Crippen molar-refractivity contribution in [1.29, 1.82) is 0 Å². The molecule has 2 atom stereocenters. The Morgan fingerprint density at radius 1 is 1.67 bits per heavy atom. The van der Waals surface area contributed by atoms with Gasteiger partial charge in [-0.1, -0.05) is 12.7 Å². The van der Waals surface area contributed by atoms with Gasteiger partial charge < -0.3 is 15.2 Å². The minimum Gasteiger partial charge on any atom is -0.491 e. The van der Waals surface area contributed by atoms with Gasteiger partial charge in [-0.2, -0.15) is 0 Å². The molecule has 3 heteroatoms. The molecule has 1 aliphatic rings. The Morgan fingerprint density at radius 3 is 3.20 bits per heavy atom. The molecule has 0 amide bonds. The molecule has 2 rings (SSSR count). The van der Waals surface area contributed by atoms with Crippen LogP contribution in [0.4, 0.5) is 0 Å². The fourth-order valence-electron chi connectivity index (χ4n) is 1.55. The van der Waals surface area contributed by atoms with Crippen LogP contribution in [0.25, 0.3) is 0 Å². The second-order valence-corrected chi connectivity index (χ2v) is 3.68. The fourth-order valence-corrected chi connectivity index (χ4v) is 1.55. The van der Waals surface area contributed by atoms with Crippen LogP contribution in [0.1, 0.15) is 18.5 Å². The first-order chi connectivity index (χ1) is 7.20. The van der Waals surface area contributed by atoms with Crippen LogP contribution >= 0.6 is 0 Å². The van der Waals surface area contributed by atoms with Crippen LogP contribution in [0, 0.1) is 0 Å². The van der Waals surface area contributed by atoms with Crippen molar-refractivity contribution in [2.75, 3.05) is 6.61 Å². The Morgan fingerprint density at radius 2 is 2.47 bits per heavy atom. The zero-order chi connectivity index (χ0) is 10.8. The van der Waals surface area contributed by atoms with Gasteiger partial charge in [-0.3, -0.25) is 0 Å². The quantitative estimate of drug-likeness (QED) is 0.768. The molecule has 0 spiro atoms. The SMILES string of the molecule is C=CC(C)Oc1ccc2c(c1)OCC2N. The van der Waals surface area contributed by atoms with Crippen molar-refractivity contribution in [3.63, 3.8) is 0 Å². The summed E-state index contributed by atoms with van der Waals surface area (Å²) < 4.78 is 11.0. The molecule has 2 unspecified atom stereocenters. The second kappa shape index (κ2) is 3.95. The summed E-state index contributed by atoms with van der Waals surface area (Å²) in [6.45, 7) is 6.15. The molecular formula is C12H15NO2. The Bertz CT molecular complexity index is 376. The van der Waals surface area contributed by atoms with Gasteiger partial charge in [-0.25, -0.2) is 0 Å². The van der Waals surface area contributed by atoms with Gasteiger partial charge in [0.2, 0.25) is 0 Å². The third-order valence-electron chi connectivity index (χ3n) is 2.46. The van der Waals surface area contributed by atoms with E-state index in [4.69, 9.17) is 15.2 Å². The second-order valence-electron chi connectivity index (χ2n) is 3.68. The summed E-state index contributed by atoms with van der Waals surface area (Å²) in [5, 5.41) is 0. The number of hydrogen-bond donors (Lipinski definition) is 1. The predicted molar refractivity (Wildman–Crippen MR) is 59.2 cm³/mol. The Kier molecular flexibility index (Phi) is 2.64. The summed E-state index contributed by atoms with van der Waals surface area (Å²) in [5.41, 5.74) is 6.89. The number of nitrogens with two attached hydrogens (primary N) is 1. The number of benzene rings is 1. The Labute approximate surface area is 89.5 Å². The summed E-state index contributed by atoms with van der Waals surface area (Å²) >= 11 is 0. The van der Waals surface area contributed by atoms with E-state index in [9.17, 15) is 0 Å². The standard InChI is InChI=1S/C12H15NO2/c1-3-8(2)15-9-4-5-10-11(13)7-14-12(10)6-9/h3-6,8,11H,1,7,13H2,2H3. The molecule has 0 saturated heterocycles. The van der Waals surface area contributed by atoms with Crippen molar-refractivity contribution in [3.05, 3.63) is 36.4 Å². The maximum Gasteiger partial charge on any atom is 0.127 e. The third-order valence-corrected chi connectivity index (χ3v) is 2.46. The van der Waals surface area contributed by atoms with Gasteiger partial charge in [0.25, 0.3) is 0 Å². The van der Waals surface area contributed by atoms with Gasteiger partial charge in [0, 0.05) is 11.6 Å². The van der Waals surface area contributed by atoms with Gasteiger partial charge in [-0.15, -0.1) is 0 Å². The van der Waals surface area contributed by atoms with Crippen LogP contribution in [0.2, 0.25) is 0 Å². The highest BCUT2D eigenvalue weighted by Gasteiger charge is 2.20. The molecule has 2 N–H and O–H groups in total. The molecule has 0 bridgehead atoms. The van der Waals surface area contributed by atoms with Crippen LogP contribution in [-0.2, 0) is 0 Å². The fraction of sp³-hybridized carbons (Fsp3) is 0.333. The van der Waals surface area contributed by atoms with Crippen LogP contribution in [0.5, 0.6) is 11.5 Å². The summed E-state index contributed by atoms with van der Waals surface area (Å²) in [6, 6.07) is 5.74. The van der Waals surface area contributed by atoms with Crippen LogP contribution in [0.15, 0.2) is 30.9 Å². The van der Waals surface area contributed by atoms with E-state index in [-0.39, 0.29) is 12.1 Å². The zero-order valence-corrected chi connectivity index (χ0v) is 8.77. The minimum absolute atomic E-state index is 0.00173.